The summed E-state index contributed by atoms with van der Waals surface area (Å²) < 4.78 is 0. The lowest BCUT2D eigenvalue weighted by atomic mass is 10.2. The average Bonchev–Trinajstić information content (AvgIpc) is 2.84. The molecule has 0 unspecified atom stereocenters. The van der Waals surface area contributed by atoms with Crippen LogP contribution >= 0.6 is 0 Å². The molecule has 0 spiro atoms. The molecule has 2 N–H and O–H groups in total. The molecule has 2 heterocycles. The van der Waals surface area contributed by atoms with Gasteiger partial charge in [-0.15, -0.1) is 0 Å². The number of fused-ring (bicyclic) bond motifs is 1. The third-order valence-electron chi connectivity index (χ3n) is 3.38. The van der Waals surface area contributed by atoms with Crippen LogP contribution in [0.2, 0.25) is 0 Å². The Balaban J connectivity index is 1.95. The van der Waals surface area contributed by atoms with E-state index in [1.807, 2.05) is 0 Å². The van der Waals surface area contributed by atoms with E-state index in [1.54, 1.807) is 6.33 Å². The lowest BCUT2D eigenvalue weighted by Crippen LogP contribution is -2.27. The Hall–Kier alpha value is -1.16. The normalized spacial score (nSPS) is 24.6. The van der Waals surface area contributed by atoms with Crippen molar-refractivity contribution in [2.24, 2.45) is 5.73 Å². The zero-order valence-electron chi connectivity index (χ0n) is 8.82. The molecule has 1 aromatic heterocycles. The molecule has 1 saturated heterocycles. The number of nitrogens with zero attached hydrogens (tertiary/aromatic N) is 3. The molecule has 1 aromatic rings. The van der Waals surface area contributed by atoms with E-state index in [0.717, 1.165) is 38.2 Å². The molecule has 1 aliphatic carbocycles. The van der Waals surface area contributed by atoms with Gasteiger partial charge in [0.2, 0.25) is 0 Å². The Morgan fingerprint density at radius 3 is 3.07 bits per heavy atom. The molecule has 1 aliphatic heterocycles. The third kappa shape index (κ3) is 1.49. The van der Waals surface area contributed by atoms with Crippen molar-refractivity contribution in [3.05, 3.63) is 17.6 Å². The van der Waals surface area contributed by atoms with E-state index in [0.29, 0.717) is 6.04 Å². The summed E-state index contributed by atoms with van der Waals surface area (Å²) >= 11 is 0. The van der Waals surface area contributed by atoms with Gasteiger partial charge < -0.3 is 10.6 Å². The number of anilines is 1. The van der Waals surface area contributed by atoms with Gasteiger partial charge in [0.25, 0.3) is 0 Å². The Morgan fingerprint density at radius 1 is 1.33 bits per heavy atom. The van der Waals surface area contributed by atoms with Crippen molar-refractivity contribution in [1.29, 1.82) is 0 Å². The van der Waals surface area contributed by atoms with Crippen molar-refractivity contribution in [2.45, 2.75) is 31.7 Å². The molecule has 3 rings (SSSR count). The van der Waals surface area contributed by atoms with E-state index >= 15 is 0 Å². The highest BCUT2D eigenvalue weighted by molar-refractivity contribution is 5.51. The lowest BCUT2D eigenvalue weighted by Gasteiger charge is -2.19. The number of nitrogens with two attached hydrogens (primary N) is 1. The monoisotopic (exact) mass is 204 g/mol. The summed E-state index contributed by atoms with van der Waals surface area (Å²) in [6, 6.07) is 0.317. The topological polar surface area (TPSA) is 55.0 Å². The van der Waals surface area contributed by atoms with Gasteiger partial charge in [0.05, 0.1) is 0 Å². The molecule has 0 radical (unpaired) electrons. The minimum Gasteiger partial charge on any atom is -0.355 e. The number of rotatable bonds is 1. The van der Waals surface area contributed by atoms with Gasteiger partial charge in [-0.25, -0.2) is 9.97 Å². The highest BCUT2D eigenvalue weighted by Crippen LogP contribution is 2.29. The van der Waals surface area contributed by atoms with Crippen LogP contribution in [0.25, 0.3) is 0 Å². The minimum absolute atomic E-state index is 0.317. The highest BCUT2D eigenvalue weighted by Gasteiger charge is 2.25. The van der Waals surface area contributed by atoms with Gasteiger partial charge in [0, 0.05) is 30.4 Å². The van der Waals surface area contributed by atoms with Gasteiger partial charge in [0.1, 0.15) is 12.1 Å². The summed E-state index contributed by atoms with van der Waals surface area (Å²) in [6.07, 6.45) is 6.25. The Bertz CT molecular complexity index is 377. The van der Waals surface area contributed by atoms with Crippen molar-refractivity contribution in [2.75, 3.05) is 18.0 Å². The number of aryl methyl sites for hydroxylation is 1. The summed E-state index contributed by atoms with van der Waals surface area (Å²) in [6.45, 7) is 1.99. The Kier molecular flexibility index (Phi) is 2.09. The first-order chi connectivity index (χ1) is 7.34. The smallest absolute Gasteiger partial charge is 0.135 e. The predicted molar refractivity (Wildman–Crippen MR) is 58.9 cm³/mol. The zero-order chi connectivity index (χ0) is 10.3. The molecule has 1 atom stereocenters. The molecular weight excluding hydrogens is 188 g/mol. The first-order valence-electron chi connectivity index (χ1n) is 5.68. The second kappa shape index (κ2) is 3.45. The molecule has 80 valence electrons. The average molecular weight is 204 g/mol. The fourth-order valence-corrected chi connectivity index (χ4v) is 2.59. The zero-order valence-corrected chi connectivity index (χ0v) is 8.82. The summed E-state index contributed by atoms with van der Waals surface area (Å²) in [5.74, 6) is 1.14. The molecule has 0 saturated carbocycles. The Morgan fingerprint density at radius 2 is 2.27 bits per heavy atom. The maximum atomic E-state index is 5.92. The first kappa shape index (κ1) is 9.09. The number of aromatic nitrogens is 2. The van der Waals surface area contributed by atoms with Crippen LogP contribution in [0.5, 0.6) is 0 Å². The summed E-state index contributed by atoms with van der Waals surface area (Å²) in [5.41, 5.74) is 8.54. The van der Waals surface area contributed by atoms with Gasteiger partial charge in [-0.05, 0) is 25.7 Å². The second-order valence-electron chi connectivity index (χ2n) is 4.47. The third-order valence-corrected chi connectivity index (χ3v) is 3.38. The van der Waals surface area contributed by atoms with E-state index in [1.165, 1.54) is 17.7 Å². The van der Waals surface area contributed by atoms with Crippen molar-refractivity contribution in [1.82, 2.24) is 9.97 Å². The molecule has 0 bridgehead atoms. The maximum absolute atomic E-state index is 5.92. The highest BCUT2D eigenvalue weighted by atomic mass is 15.2. The molecule has 0 amide bonds. The van der Waals surface area contributed by atoms with E-state index in [-0.39, 0.29) is 0 Å². The fourth-order valence-electron chi connectivity index (χ4n) is 2.59. The molecule has 0 aromatic carbocycles. The number of hydrogen-bond donors (Lipinski definition) is 1. The van der Waals surface area contributed by atoms with E-state index < -0.39 is 0 Å². The van der Waals surface area contributed by atoms with Crippen LogP contribution in [0.15, 0.2) is 6.33 Å². The van der Waals surface area contributed by atoms with Crippen LogP contribution in [0, 0.1) is 0 Å². The standard InChI is InChI=1S/C11H16N4/c12-8-4-5-15(6-8)11-9-2-1-3-10(9)13-7-14-11/h7-8H,1-6,12H2/t8-/m0/s1. The predicted octanol–water partition coefficient (Wildman–Crippen LogP) is 0.503. The number of hydrogen-bond acceptors (Lipinski definition) is 4. The molecule has 2 aliphatic rings. The van der Waals surface area contributed by atoms with Crippen LogP contribution in [0.3, 0.4) is 0 Å². The molecular formula is C11H16N4. The minimum atomic E-state index is 0.317. The van der Waals surface area contributed by atoms with Crippen LogP contribution in [-0.4, -0.2) is 29.1 Å². The fraction of sp³-hybridized carbons (Fsp3) is 0.636. The SMILES string of the molecule is N[C@H]1CCN(c2ncnc3c2CCC3)C1. The van der Waals surface area contributed by atoms with Crippen molar-refractivity contribution < 1.29 is 0 Å². The van der Waals surface area contributed by atoms with Gasteiger partial charge >= 0.3 is 0 Å². The van der Waals surface area contributed by atoms with Gasteiger partial charge in [-0.3, -0.25) is 0 Å². The summed E-state index contributed by atoms with van der Waals surface area (Å²) in [4.78, 5) is 11.1. The van der Waals surface area contributed by atoms with E-state index in [2.05, 4.69) is 14.9 Å². The summed E-state index contributed by atoms with van der Waals surface area (Å²) in [5, 5.41) is 0. The largest absolute Gasteiger partial charge is 0.355 e. The van der Waals surface area contributed by atoms with Gasteiger partial charge in [-0.2, -0.15) is 0 Å². The second-order valence-corrected chi connectivity index (χ2v) is 4.47. The van der Waals surface area contributed by atoms with Gasteiger partial charge in [-0.1, -0.05) is 0 Å². The van der Waals surface area contributed by atoms with Crippen molar-refractivity contribution in [3.8, 4) is 0 Å². The van der Waals surface area contributed by atoms with Crippen molar-refractivity contribution in [3.63, 3.8) is 0 Å². The van der Waals surface area contributed by atoms with Crippen LogP contribution in [0.1, 0.15) is 24.1 Å². The molecule has 4 heteroatoms. The van der Waals surface area contributed by atoms with Gasteiger partial charge in [0.15, 0.2) is 0 Å². The van der Waals surface area contributed by atoms with Crippen LogP contribution in [0.4, 0.5) is 5.82 Å². The first-order valence-corrected chi connectivity index (χ1v) is 5.68. The molecule has 1 fully saturated rings. The lowest BCUT2D eigenvalue weighted by molar-refractivity contribution is 0.751. The van der Waals surface area contributed by atoms with E-state index in [9.17, 15) is 0 Å². The molecule has 4 nitrogen and oxygen atoms in total. The van der Waals surface area contributed by atoms with Crippen molar-refractivity contribution >= 4 is 5.82 Å². The molecule has 15 heavy (non-hydrogen) atoms. The maximum Gasteiger partial charge on any atom is 0.135 e. The van der Waals surface area contributed by atoms with Crippen LogP contribution in [-0.2, 0) is 12.8 Å². The Labute approximate surface area is 89.5 Å². The summed E-state index contributed by atoms with van der Waals surface area (Å²) in [7, 11) is 0. The van der Waals surface area contributed by atoms with E-state index in [4.69, 9.17) is 5.73 Å². The van der Waals surface area contributed by atoms with Crippen LogP contribution < -0.4 is 10.6 Å². The quantitative estimate of drug-likeness (QED) is 0.724.